The Labute approximate surface area is 178 Å². The Balaban J connectivity index is 0.000000335. The van der Waals surface area contributed by atoms with Crippen molar-refractivity contribution in [2.45, 2.75) is 6.42 Å². The van der Waals surface area contributed by atoms with Crippen LogP contribution >= 0.6 is 12.8 Å². The maximum absolute atomic E-state index is 13.6. The van der Waals surface area contributed by atoms with Gasteiger partial charge in [0.2, 0.25) is 0 Å². The molecule has 3 N–H and O–H groups in total. The molecule has 0 aliphatic heterocycles. The molecule has 3 rings (SSSR count). The molecule has 30 heavy (non-hydrogen) atoms. The Morgan fingerprint density at radius 3 is 2.10 bits per heavy atom. The van der Waals surface area contributed by atoms with Crippen LogP contribution in [0, 0.1) is 23.3 Å². The predicted octanol–water partition coefficient (Wildman–Crippen LogP) is 6.26. The summed E-state index contributed by atoms with van der Waals surface area (Å²) in [7, 11) is 0. The van der Waals surface area contributed by atoms with Gasteiger partial charge in [-0.15, -0.1) is 0 Å². The lowest BCUT2D eigenvalue weighted by Gasteiger charge is -2.06. The van der Waals surface area contributed by atoms with E-state index in [0.29, 0.717) is 17.3 Å². The Kier molecular flexibility index (Phi) is 8.55. The predicted molar refractivity (Wildman–Crippen MR) is 117 cm³/mol. The lowest BCUT2D eigenvalue weighted by atomic mass is 10.0. The number of rotatable bonds is 5. The molecule has 0 atom stereocenters. The minimum absolute atomic E-state index is 0.0481. The van der Waals surface area contributed by atoms with Crippen LogP contribution in [0.5, 0.6) is 0 Å². The summed E-state index contributed by atoms with van der Waals surface area (Å²) in [6.45, 7) is 3.52. The van der Waals surface area contributed by atoms with E-state index in [9.17, 15) is 17.6 Å². The van der Waals surface area contributed by atoms with Crippen molar-refractivity contribution >= 4 is 24.6 Å². The average Bonchev–Trinajstić information content (AvgIpc) is 2.76. The van der Waals surface area contributed by atoms with Gasteiger partial charge in [-0.1, -0.05) is 67.9 Å². The smallest absolute Gasteiger partial charge is 0.197 e. The third-order valence-corrected chi connectivity index (χ3v) is 4.20. The number of nitrogens with one attached hydrogen (secondary N) is 1. The molecule has 0 unspecified atom stereocenters. The van der Waals surface area contributed by atoms with Crippen LogP contribution in [-0.4, -0.2) is 0 Å². The van der Waals surface area contributed by atoms with E-state index in [4.69, 9.17) is 5.73 Å². The van der Waals surface area contributed by atoms with Crippen molar-refractivity contribution in [3.05, 3.63) is 119 Å². The Morgan fingerprint density at radius 1 is 0.933 bits per heavy atom. The second-order valence-electron chi connectivity index (χ2n) is 6.26. The normalized spacial score (nSPS) is 10.4. The van der Waals surface area contributed by atoms with Gasteiger partial charge in [-0.2, -0.15) is 0 Å². The first kappa shape index (κ1) is 23.1. The monoisotopic (exact) mass is 432 g/mol. The van der Waals surface area contributed by atoms with E-state index >= 15 is 0 Å². The molecule has 0 fully saturated rings. The van der Waals surface area contributed by atoms with Gasteiger partial charge in [-0.3, -0.25) is 0 Å². The first-order valence-corrected chi connectivity index (χ1v) is 9.25. The minimum atomic E-state index is -1.80. The summed E-state index contributed by atoms with van der Waals surface area (Å²) in [4.78, 5) is 0. The van der Waals surface area contributed by atoms with E-state index in [2.05, 4.69) is 24.1 Å². The molecule has 0 aliphatic rings. The highest BCUT2D eigenvalue weighted by Gasteiger charge is 2.18. The zero-order valence-electron chi connectivity index (χ0n) is 15.9. The summed E-state index contributed by atoms with van der Waals surface area (Å²) in [5.41, 5.74) is 8.07. The van der Waals surface area contributed by atoms with E-state index in [1.165, 1.54) is 0 Å². The van der Waals surface area contributed by atoms with Crippen LogP contribution < -0.4 is 10.5 Å². The van der Waals surface area contributed by atoms with E-state index in [1.54, 1.807) is 36.4 Å². The lowest BCUT2D eigenvalue weighted by Crippen LogP contribution is -2.02. The zero-order valence-corrected chi connectivity index (χ0v) is 16.8. The van der Waals surface area contributed by atoms with Gasteiger partial charge in [0.15, 0.2) is 23.3 Å². The van der Waals surface area contributed by atoms with Crippen molar-refractivity contribution in [2.75, 3.05) is 4.72 Å². The Hall–Kier alpha value is -3.19. The Morgan fingerprint density at radius 2 is 1.57 bits per heavy atom. The number of hydrogen-bond donors (Lipinski definition) is 3. The third kappa shape index (κ3) is 6.70. The summed E-state index contributed by atoms with van der Waals surface area (Å²) in [5.74, 6) is -6.38. The molecule has 0 saturated heterocycles. The van der Waals surface area contributed by atoms with Crippen LogP contribution in [0.25, 0.3) is 6.08 Å². The van der Waals surface area contributed by atoms with Crippen molar-refractivity contribution in [2.24, 2.45) is 5.73 Å². The fourth-order valence-electron chi connectivity index (χ4n) is 2.43. The number of nitrogens with two attached hydrogens (primary N) is 1. The molecule has 0 amide bonds. The third-order valence-electron chi connectivity index (χ3n) is 3.95. The SMILES string of the molecule is C=C(N)/C=C/c1ccc(Cc2cc(F)c(F)c(F)c2F)cc1.SNc1ccccc1. The van der Waals surface area contributed by atoms with Gasteiger partial charge in [0.1, 0.15) is 0 Å². The number of para-hydroxylation sites is 1. The number of thiol groups is 1. The Bertz CT molecular complexity index is 1020. The minimum Gasteiger partial charge on any atom is -0.399 e. The standard InChI is InChI=1S/C17H13F4N.C6H7NS/c1-10(22)2-3-11-4-6-12(7-5-11)8-13-9-14(18)16(20)17(21)15(13)19;8-7-6-4-2-1-3-5-6/h2-7,9H,1,8,22H2;1-5,7-8H/b3-2+;. The quantitative estimate of drug-likeness (QED) is 0.146. The van der Waals surface area contributed by atoms with Gasteiger partial charge in [-0.05, 0) is 41.0 Å². The van der Waals surface area contributed by atoms with Gasteiger partial charge < -0.3 is 10.5 Å². The van der Waals surface area contributed by atoms with Crippen LogP contribution in [0.4, 0.5) is 23.2 Å². The van der Waals surface area contributed by atoms with E-state index in [1.807, 2.05) is 30.3 Å². The van der Waals surface area contributed by atoms with Crippen molar-refractivity contribution in [1.29, 1.82) is 0 Å². The number of halogens is 4. The van der Waals surface area contributed by atoms with Gasteiger partial charge >= 0.3 is 0 Å². The van der Waals surface area contributed by atoms with Gasteiger partial charge in [0.05, 0.1) is 0 Å². The van der Waals surface area contributed by atoms with Crippen LogP contribution in [0.15, 0.2) is 79.0 Å². The molecule has 0 heterocycles. The van der Waals surface area contributed by atoms with Crippen molar-refractivity contribution in [1.82, 2.24) is 0 Å². The molecule has 156 valence electrons. The second-order valence-corrected chi connectivity index (χ2v) is 6.49. The summed E-state index contributed by atoms with van der Waals surface area (Å²) >= 11 is 3.86. The molecule has 2 nitrogen and oxygen atoms in total. The van der Waals surface area contributed by atoms with Crippen LogP contribution in [0.3, 0.4) is 0 Å². The van der Waals surface area contributed by atoms with Crippen LogP contribution in [-0.2, 0) is 6.42 Å². The second kappa shape index (κ2) is 11.1. The topological polar surface area (TPSA) is 38.0 Å². The fraction of sp³-hybridized carbons (Fsp3) is 0.0435. The largest absolute Gasteiger partial charge is 0.399 e. The summed E-state index contributed by atoms with van der Waals surface area (Å²) in [6, 6.07) is 17.3. The van der Waals surface area contributed by atoms with E-state index in [-0.39, 0.29) is 12.0 Å². The lowest BCUT2D eigenvalue weighted by molar-refractivity contribution is 0.405. The van der Waals surface area contributed by atoms with E-state index < -0.39 is 23.3 Å². The zero-order chi connectivity index (χ0) is 22.1. The molecule has 3 aromatic carbocycles. The maximum atomic E-state index is 13.6. The summed E-state index contributed by atoms with van der Waals surface area (Å²) in [5, 5.41) is 0. The highest BCUT2D eigenvalue weighted by molar-refractivity contribution is 7.81. The van der Waals surface area contributed by atoms with Crippen molar-refractivity contribution in [3.63, 3.8) is 0 Å². The molecular formula is C23H20F4N2S. The van der Waals surface area contributed by atoms with Crippen molar-refractivity contribution < 1.29 is 17.6 Å². The van der Waals surface area contributed by atoms with Gasteiger partial charge in [0.25, 0.3) is 0 Å². The molecule has 0 spiro atoms. The number of hydrogen-bond acceptors (Lipinski definition) is 3. The first-order valence-electron chi connectivity index (χ1n) is 8.80. The molecule has 0 aromatic heterocycles. The van der Waals surface area contributed by atoms with Crippen LogP contribution in [0.1, 0.15) is 16.7 Å². The van der Waals surface area contributed by atoms with Crippen LogP contribution in [0.2, 0.25) is 0 Å². The highest BCUT2D eigenvalue weighted by atomic mass is 32.1. The molecule has 0 radical (unpaired) electrons. The molecule has 0 saturated carbocycles. The number of benzene rings is 3. The average molecular weight is 432 g/mol. The number of anilines is 1. The molecule has 0 bridgehead atoms. The molecule has 0 aliphatic carbocycles. The maximum Gasteiger partial charge on any atom is 0.197 e. The molecule has 7 heteroatoms. The summed E-state index contributed by atoms with van der Waals surface area (Å²) < 4.78 is 55.5. The van der Waals surface area contributed by atoms with Crippen molar-refractivity contribution in [3.8, 4) is 0 Å². The molecular weight excluding hydrogens is 412 g/mol. The molecule has 3 aromatic rings. The fourth-order valence-corrected chi connectivity index (χ4v) is 2.58. The van der Waals surface area contributed by atoms with Gasteiger partial charge in [0, 0.05) is 17.8 Å². The summed E-state index contributed by atoms with van der Waals surface area (Å²) in [6.07, 6.45) is 3.32. The first-order chi connectivity index (χ1) is 14.3. The number of allylic oxidation sites excluding steroid dienone is 1. The van der Waals surface area contributed by atoms with Gasteiger partial charge in [-0.25, -0.2) is 17.6 Å². The highest BCUT2D eigenvalue weighted by Crippen LogP contribution is 2.21. The van der Waals surface area contributed by atoms with E-state index in [0.717, 1.165) is 11.3 Å².